The average Bonchev–Trinajstić information content (AvgIpc) is 2.94. The van der Waals surface area contributed by atoms with E-state index in [9.17, 15) is 24.0 Å². The highest BCUT2D eigenvalue weighted by molar-refractivity contribution is 5.95. The minimum absolute atomic E-state index is 0.0606. The van der Waals surface area contributed by atoms with Crippen LogP contribution < -0.4 is 26.6 Å². The van der Waals surface area contributed by atoms with Gasteiger partial charge in [-0.25, -0.2) is 0 Å². The lowest BCUT2D eigenvalue weighted by molar-refractivity contribution is -0.134. The Hall–Kier alpha value is -4.21. The van der Waals surface area contributed by atoms with E-state index in [1.165, 1.54) is 6.92 Å². The quantitative estimate of drug-likeness (QED) is 0.361. The molecule has 10 nitrogen and oxygen atoms in total. The van der Waals surface area contributed by atoms with Crippen LogP contribution in [0.1, 0.15) is 51.2 Å². The molecule has 0 saturated carbocycles. The van der Waals surface area contributed by atoms with E-state index in [1.54, 1.807) is 0 Å². The molecule has 0 aliphatic carbocycles. The molecule has 0 radical (unpaired) electrons. The molecule has 0 bridgehead atoms. The summed E-state index contributed by atoms with van der Waals surface area (Å²) in [6, 6.07) is 14.9. The predicted octanol–water partition coefficient (Wildman–Crippen LogP) is 1.39. The lowest BCUT2D eigenvalue weighted by Crippen LogP contribution is -2.58. The van der Waals surface area contributed by atoms with E-state index < -0.39 is 41.9 Å². The molecule has 41 heavy (non-hydrogen) atoms. The predicted molar refractivity (Wildman–Crippen MR) is 155 cm³/mol. The van der Waals surface area contributed by atoms with Crippen molar-refractivity contribution in [1.29, 1.82) is 0 Å². The Morgan fingerprint density at radius 2 is 1.17 bits per heavy atom. The van der Waals surface area contributed by atoms with Gasteiger partial charge in [0.2, 0.25) is 29.5 Å². The van der Waals surface area contributed by atoms with Gasteiger partial charge in [-0.1, -0.05) is 74.5 Å². The zero-order valence-electron chi connectivity index (χ0n) is 23.9. The molecule has 4 atom stereocenters. The number of rotatable bonds is 6. The van der Waals surface area contributed by atoms with Gasteiger partial charge in [-0.3, -0.25) is 24.0 Å². The number of carbonyl (C=O) groups excluding carboxylic acids is 5. The second-order valence-corrected chi connectivity index (χ2v) is 10.9. The molecule has 5 amide bonds. The van der Waals surface area contributed by atoms with Crippen LogP contribution in [0.4, 0.5) is 0 Å². The van der Waals surface area contributed by atoms with Crippen LogP contribution in [0.3, 0.4) is 0 Å². The maximum Gasteiger partial charge on any atom is 0.243 e. The first kappa shape index (κ1) is 31.3. The molecule has 1 fully saturated rings. The zero-order chi connectivity index (χ0) is 29.8. The Morgan fingerprint density at radius 3 is 1.73 bits per heavy atom. The molecule has 2 aromatic carbocycles. The summed E-state index contributed by atoms with van der Waals surface area (Å²) in [6.45, 7) is 5.60. The summed E-state index contributed by atoms with van der Waals surface area (Å²) in [5.74, 6) is -2.19. The smallest absolute Gasteiger partial charge is 0.243 e. The third-order valence-corrected chi connectivity index (χ3v) is 6.82. The van der Waals surface area contributed by atoms with Gasteiger partial charge in [0, 0.05) is 25.8 Å². The van der Waals surface area contributed by atoms with Gasteiger partial charge in [-0.05, 0) is 36.8 Å². The normalized spacial score (nSPS) is 23.5. The van der Waals surface area contributed by atoms with Crippen molar-refractivity contribution in [3.63, 3.8) is 0 Å². The molecule has 0 spiro atoms. The molecule has 0 aromatic heterocycles. The summed E-state index contributed by atoms with van der Waals surface area (Å²) < 4.78 is 0. The van der Waals surface area contributed by atoms with Crippen molar-refractivity contribution >= 4 is 29.5 Å². The first-order chi connectivity index (χ1) is 19.6. The van der Waals surface area contributed by atoms with Gasteiger partial charge >= 0.3 is 0 Å². The molecule has 1 saturated heterocycles. The van der Waals surface area contributed by atoms with E-state index in [0.717, 1.165) is 11.1 Å². The average molecular weight is 564 g/mol. The van der Waals surface area contributed by atoms with Crippen molar-refractivity contribution in [2.24, 2.45) is 5.92 Å². The fourth-order valence-electron chi connectivity index (χ4n) is 4.62. The van der Waals surface area contributed by atoms with Crippen molar-refractivity contribution in [3.8, 4) is 0 Å². The SMILES string of the molecule is CC(C)CC1NC(=O)C(Cc2ccccc2)NC(=O)CCCNC(=O)[C@H](Cc2ccccc2)NC(=O)[C@H](C)NC1=O. The van der Waals surface area contributed by atoms with Gasteiger partial charge in [-0.2, -0.15) is 0 Å². The fraction of sp³-hybridized carbons (Fsp3) is 0.452. The van der Waals surface area contributed by atoms with E-state index in [-0.39, 0.29) is 43.5 Å². The standard InChI is InChI=1S/C31H41N5O5/c1-20(2)17-24-30(40)33-21(3)28(38)35-25(18-22-11-6-4-7-12-22)29(39)32-16-10-15-27(37)34-26(31(41)36-24)19-23-13-8-5-9-14-23/h4-9,11-14,20-21,24-26H,10,15-19H2,1-3H3,(H,32,39)(H,33,40)(H,34,37)(H,35,38)(H,36,41)/t21-,24?,25-,26?/m0/s1. The molecule has 2 unspecified atom stereocenters. The fourth-order valence-corrected chi connectivity index (χ4v) is 4.62. The highest BCUT2D eigenvalue weighted by Crippen LogP contribution is 2.10. The molecule has 1 heterocycles. The lowest BCUT2D eigenvalue weighted by atomic mass is 10.0. The largest absolute Gasteiger partial charge is 0.354 e. The maximum atomic E-state index is 13.4. The van der Waals surface area contributed by atoms with Crippen LogP contribution in [0.5, 0.6) is 0 Å². The highest BCUT2D eigenvalue weighted by Gasteiger charge is 2.30. The Kier molecular flexibility index (Phi) is 11.9. The third-order valence-electron chi connectivity index (χ3n) is 6.82. The van der Waals surface area contributed by atoms with Crippen molar-refractivity contribution in [3.05, 3.63) is 71.8 Å². The summed E-state index contributed by atoms with van der Waals surface area (Å²) in [7, 11) is 0. The van der Waals surface area contributed by atoms with E-state index in [4.69, 9.17) is 0 Å². The van der Waals surface area contributed by atoms with Crippen LogP contribution >= 0.6 is 0 Å². The summed E-state index contributed by atoms with van der Waals surface area (Å²) in [5.41, 5.74) is 1.71. The number of hydrogen-bond acceptors (Lipinski definition) is 5. The molecule has 1 aliphatic heterocycles. The monoisotopic (exact) mass is 563 g/mol. The van der Waals surface area contributed by atoms with Gasteiger partial charge in [0.05, 0.1) is 0 Å². The molecular formula is C31H41N5O5. The third kappa shape index (κ3) is 10.4. The van der Waals surface area contributed by atoms with Crippen molar-refractivity contribution in [2.75, 3.05) is 6.54 Å². The van der Waals surface area contributed by atoms with Gasteiger partial charge in [0.25, 0.3) is 0 Å². The summed E-state index contributed by atoms with van der Waals surface area (Å²) in [6.07, 6.45) is 1.26. The molecule has 10 heteroatoms. The van der Waals surface area contributed by atoms with Crippen LogP contribution in [0, 0.1) is 5.92 Å². The van der Waals surface area contributed by atoms with Crippen LogP contribution in [0.15, 0.2) is 60.7 Å². The molecule has 2 aromatic rings. The minimum atomic E-state index is -0.962. The van der Waals surface area contributed by atoms with Crippen LogP contribution in [-0.2, 0) is 36.8 Å². The second-order valence-electron chi connectivity index (χ2n) is 10.9. The molecule has 220 valence electrons. The molecule has 1 aliphatic rings. The van der Waals surface area contributed by atoms with Gasteiger partial charge in [0.15, 0.2) is 0 Å². The summed E-state index contributed by atoms with van der Waals surface area (Å²) in [5, 5.41) is 13.9. The first-order valence-corrected chi connectivity index (χ1v) is 14.2. The minimum Gasteiger partial charge on any atom is -0.354 e. The van der Waals surface area contributed by atoms with E-state index >= 15 is 0 Å². The summed E-state index contributed by atoms with van der Waals surface area (Å²) in [4.78, 5) is 65.7. The van der Waals surface area contributed by atoms with Gasteiger partial charge in [-0.15, -0.1) is 0 Å². The first-order valence-electron chi connectivity index (χ1n) is 14.2. The number of amides is 5. The summed E-state index contributed by atoms with van der Waals surface area (Å²) >= 11 is 0. The topological polar surface area (TPSA) is 146 Å². The van der Waals surface area contributed by atoms with Crippen LogP contribution in [-0.4, -0.2) is 60.2 Å². The van der Waals surface area contributed by atoms with Gasteiger partial charge in [0.1, 0.15) is 24.2 Å². The van der Waals surface area contributed by atoms with Crippen molar-refractivity contribution in [1.82, 2.24) is 26.6 Å². The van der Waals surface area contributed by atoms with E-state index in [2.05, 4.69) is 26.6 Å². The van der Waals surface area contributed by atoms with Gasteiger partial charge < -0.3 is 26.6 Å². The number of hydrogen-bond donors (Lipinski definition) is 5. The highest BCUT2D eigenvalue weighted by atomic mass is 16.2. The zero-order valence-corrected chi connectivity index (χ0v) is 23.9. The Bertz CT molecular complexity index is 1190. The van der Waals surface area contributed by atoms with Crippen molar-refractivity contribution < 1.29 is 24.0 Å². The maximum absolute atomic E-state index is 13.4. The number of benzene rings is 2. The molecular weight excluding hydrogens is 522 g/mol. The van der Waals surface area contributed by atoms with E-state index in [1.807, 2.05) is 74.5 Å². The molecule has 5 N–H and O–H groups in total. The van der Waals surface area contributed by atoms with Crippen molar-refractivity contribution in [2.45, 2.75) is 77.0 Å². The second kappa shape index (κ2) is 15.5. The number of nitrogens with one attached hydrogen (secondary N) is 5. The molecule has 3 rings (SSSR count). The Labute approximate surface area is 241 Å². The lowest BCUT2D eigenvalue weighted by Gasteiger charge is -2.26. The Morgan fingerprint density at radius 1 is 0.659 bits per heavy atom. The Balaban J connectivity index is 1.84. The number of carbonyl (C=O) groups is 5. The van der Waals surface area contributed by atoms with Crippen LogP contribution in [0.25, 0.3) is 0 Å². The van der Waals surface area contributed by atoms with E-state index in [0.29, 0.717) is 12.8 Å². The van der Waals surface area contributed by atoms with Crippen LogP contribution in [0.2, 0.25) is 0 Å².